The normalized spacial score (nSPS) is 11.0. The Kier molecular flexibility index (Phi) is 4.63. The number of amides is 1. The number of aromatic nitrogens is 1. The smallest absolute Gasteiger partial charge is 0.246 e. The fourth-order valence-electron chi connectivity index (χ4n) is 2.00. The second kappa shape index (κ2) is 7.02. The number of carbonyl (C=O) groups excluding carboxylic acids is 1. The highest BCUT2D eigenvalue weighted by atomic mass is 32.1. The highest BCUT2D eigenvalue weighted by molar-refractivity contribution is 7.10. The van der Waals surface area contributed by atoms with Gasteiger partial charge in [0, 0.05) is 10.9 Å². The van der Waals surface area contributed by atoms with Crippen molar-refractivity contribution in [3.63, 3.8) is 0 Å². The molecule has 3 rings (SSSR count). The lowest BCUT2D eigenvalue weighted by molar-refractivity contribution is -0.120. The second-order valence-electron chi connectivity index (χ2n) is 4.91. The van der Waals surface area contributed by atoms with Gasteiger partial charge in [-0.3, -0.25) is 4.79 Å². The van der Waals surface area contributed by atoms with Crippen LogP contribution in [0.15, 0.2) is 57.4 Å². The lowest BCUT2D eigenvalue weighted by atomic mass is 10.2. The van der Waals surface area contributed by atoms with E-state index in [9.17, 15) is 4.79 Å². The molecule has 5 nitrogen and oxygen atoms in total. The molecule has 2 aromatic heterocycles. The fourth-order valence-corrected chi connectivity index (χ4v) is 2.80. The first-order valence-electron chi connectivity index (χ1n) is 7.09. The molecule has 1 N–H and O–H groups in total. The highest BCUT2D eigenvalue weighted by Crippen LogP contribution is 2.21. The number of nitrogens with zero attached hydrogens (tertiary/aromatic N) is 2. The third-order valence-corrected chi connectivity index (χ3v) is 3.92. The Bertz CT molecular complexity index is 821. The third kappa shape index (κ3) is 4.14. The second-order valence-corrected chi connectivity index (χ2v) is 5.85. The van der Waals surface area contributed by atoms with E-state index in [-0.39, 0.29) is 12.3 Å². The van der Waals surface area contributed by atoms with E-state index in [1.165, 1.54) is 17.6 Å². The van der Waals surface area contributed by atoms with Crippen LogP contribution in [0.3, 0.4) is 0 Å². The average Bonchev–Trinajstić information content (AvgIpc) is 3.17. The van der Waals surface area contributed by atoms with Crippen molar-refractivity contribution in [3.8, 4) is 11.3 Å². The predicted octanol–water partition coefficient (Wildman–Crippen LogP) is 3.40. The molecule has 1 amide bonds. The Hall–Kier alpha value is -2.73. The minimum absolute atomic E-state index is 0.200. The third-order valence-electron chi connectivity index (χ3n) is 3.08. The van der Waals surface area contributed by atoms with E-state index in [1.807, 2.05) is 48.7 Å². The maximum Gasteiger partial charge on any atom is 0.246 e. The Balaban J connectivity index is 1.56. The van der Waals surface area contributed by atoms with Crippen molar-refractivity contribution in [1.82, 2.24) is 10.4 Å². The molecule has 0 saturated heterocycles. The Morgan fingerprint density at radius 3 is 2.87 bits per heavy atom. The van der Waals surface area contributed by atoms with Crippen LogP contribution in [-0.4, -0.2) is 17.1 Å². The van der Waals surface area contributed by atoms with E-state index in [0.717, 1.165) is 22.0 Å². The molecule has 0 aliphatic rings. The molecular formula is C17H15N3O2S. The highest BCUT2D eigenvalue weighted by Gasteiger charge is 2.08. The molecule has 6 heteroatoms. The number of furan rings is 1. The van der Waals surface area contributed by atoms with Gasteiger partial charge in [-0.25, -0.2) is 10.4 Å². The first-order chi connectivity index (χ1) is 11.2. The zero-order chi connectivity index (χ0) is 16.1. The summed E-state index contributed by atoms with van der Waals surface area (Å²) < 4.78 is 5.33. The first-order valence-corrected chi connectivity index (χ1v) is 7.97. The van der Waals surface area contributed by atoms with Gasteiger partial charge in [-0.15, -0.1) is 11.3 Å². The van der Waals surface area contributed by atoms with Crippen molar-refractivity contribution < 1.29 is 9.21 Å². The SMILES string of the molecule is Cc1ccc(/C=N\NC(=O)Cc2nc(-c3ccccc3)cs2)o1. The fraction of sp³-hybridized carbons (Fsp3) is 0.118. The summed E-state index contributed by atoms with van der Waals surface area (Å²) >= 11 is 1.46. The van der Waals surface area contributed by atoms with Gasteiger partial charge in [0.15, 0.2) is 0 Å². The Labute approximate surface area is 137 Å². The van der Waals surface area contributed by atoms with Crippen LogP contribution in [0.5, 0.6) is 0 Å². The van der Waals surface area contributed by atoms with Crippen LogP contribution in [-0.2, 0) is 11.2 Å². The number of hydrazone groups is 1. The van der Waals surface area contributed by atoms with Crippen LogP contribution >= 0.6 is 11.3 Å². The van der Waals surface area contributed by atoms with Gasteiger partial charge >= 0.3 is 0 Å². The maximum atomic E-state index is 11.9. The van der Waals surface area contributed by atoms with E-state index in [1.54, 1.807) is 6.07 Å². The van der Waals surface area contributed by atoms with Crippen molar-refractivity contribution >= 4 is 23.5 Å². The summed E-state index contributed by atoms with van der Waals surface area (Å²) in [6, 6.07) is 13.5. The lowest BCUT2D eigenvalue weighted by Gasteiger charge is -1.96. The number of thiazole rings is 1. The minimum Gasteiger partial charge on any atom is -0.460 e. The number of rotatable bonds is 5. The van der Waals surface area contributed by atoms with Crippen molar-refractivity contribution in [2.45, 2.75) is 13.3 Å². The van der Waals surface area contributed by atoms with Gasteiger partial charge in [-0.1, -0.05) is 30.3 Å². The van der Waals surface area contributed by atoms with Crippen LogP contribution in [0.1, 0.15) is 16.5 Å². The van der Waals surface area contributed by atoms with Crippen molar-refractivity contribution in [3.05, 3.63) is 64.4 Å². The molecule has 0 fully saturated rings. The molecule has 0 radical (unpaired) electrons. The van der Waals surface area contributed by atoms with Gasteiger partial charge in [0.1, 0.15) is 16.5 Å². The number of hydrogen-bond donors (Lipinski definition) is 1. The van der Waals surface area contributed by atoms with Crippen molar-refractivity contribution in [2.75, 3.05) is 0 Å². The molecule has 3 aromatic rings. The van der Waals surface area contributed by atoms with Gasteiger partial charge in [-0.2, -0.15) is 5.10 Å². The molecule has 0 bridgehead atoms. The number of nitrogens with one attached hydrogen (secondary N) is 1. The molecule has 0 aliphatic heterocycles. The number of hydrogen-bond acceptors (Lipinski definition) is 5. The largest absolute Gasteiger partial charge is 0.460 e. The first kappa shape index (κ1) is 15.2. The molecule has 0 unspecified atom stereocenters. The summed E-state index contributed by atoms with van der Waals surface area (Å²) in [5.74, 6) is 1.19. The predicted molar refractivity (Wildman–Crippen MR) is 90.4 cm³/mol. The van der Waals surface area contributed by atoms with E-state index in [4.69, 9.17) is 4.42 Å². The lowest BCUT2D eigenvalue weighted by Crippen LogP contribution is -2.19. The van der Waals surface area contributed by atoms with Crippen LogP contribution in [0.25, 0.3) is 11.3 Å². The summed E-state index contributed by atoms with van der Waals surface area (Å²) in [5, 5.41) is 6.58. The van der Waals surface area contributed by atoms with Gasteiger partial charge in [0.25, 0.3) is 0 Å². The van der Waals surface area contributed by atoms with Gasteiger partial charge in [0.05, 0.1) is 18.3 Å². The minimum atomic E-state index is -0.210. The molecule has 23 heavy (non-hydrogen) atoms. The Morgan fingerprint density at radius 1 is 1.30 bits per heavy atom. The number of benzene rings is 1. The van der Waals surface area contributed by atoms with Crippen LogP contribution in [0.4, 0.5) is 0 Å². The monoisotopic (exact) mass is 325 g/mol. The molecule has 0 saturated carbocycles. The van der Waals surface area contributed by atoms with Crippen LogP contribution in [0.2, 0.25) is 0 Å². The zero-order valence-corrected chi connectivity index (χ0v) is 13.3. The summed E-state index contributed by atoms with van der Waals surface area (Å²) in [6.07, 6.45) is 1.67. The van der Waals surface area contributed by atoms with Crippen LogP contribution in [0, 0.1) is 6.92 Å². The molecule has 0 atom stereocenters. The van der Waals surface area contributed by atoms with E-state index in [0.29, 0.717) is 5.76 Å². The summed E-state index contributed by atoms with van der Waals surface area (Å²) in [4.78, 5) is 16.3. The standard InChI is InChI=1S/C17H15N3O2S/c1-12-7-8-14(22-12)10-18-20-16(21)9-17-19-15(11-23-17)13-5-3-2-4-6-13/h2-8,10-11H,9H2,1H3,(H,20,21)/b18-10-. The van der Waals surface area contributed by atoms with Gasteiger partial charge < -0.3 is 4.42 Å². The van der Waals surface area contributed by atoms with E-state index < -0.39 is 0 Å². The molecule has 116 valence electrons. The van der Waals surface area contributed by atoms with Gasteiger partial charge in [0.2, 0.25) is 5.91 Å². The summed E-state index contributed by atoms with van der Waals surface area (Å²) in [6.45, 7) is 1.85. The topological polar surface area (TPSA) is 67.5 Å². The Morgan fingerprint density at radius 2 is 2.13 bits per heavy atom. The van der Waals surface area contributed by atoms with Gasteiger partial charge in [-0.05, 0) is 19.1 Å². The van der Waals surface area contributed by atoms with E-state index in [2.05, 4.69) is 15.5 Å². The molecule has 1 aromatic carbocycles. The van der Waals surface area contributed by atoms with Crippen molar-refractivity contribution in [1.29, 1.82) is 0 Å². The quantitative estimate of drug-likeness (QED) is 0.577. The molecule has 0 spiro atoms. The summed E-state index contributed by atoms with van der Waals surface area (Å²) in [7, 11) is 0. The molecule has 2 heterocycles. The average molecular weight is 325 g/mol. The summed E-state index contributed by atoms with van der Waals surface area (Å²) in [5.41, 5.74) is 4.40. The van der Waals surface area contributed by atoms with Crippen LogP contribution < -0.4 is 5.43 Å². The molecular weight excluding hydrogens is 310 g/mol. The number of aryl methyl sites for hydroxylation is 1. The zero-order valence-electron chi connectivity index (χ0n) is 12.5. The molecule has 0 aliphatic carbocycles. The van der Waals surface area contributed by atoms with Crippen molar-refractivity contribution in [2.24, 2.45) is 5.10 Å². The number of carbonyl (C=O) groups is 1. The maximum absolute atomic E-state index is 11.9. The van der Waals surface area contributed by atoms with E-state index >= 15 is 0 Å².